The molecule has 1 aromatic heterocycles. The molecule has 1 aromatic carbocycles. The minimum atomic E-state index is -0.596. The molecule has 1 aliphatic heterocycles. The van der Waals surface area contributed by atoms with E-state index in [-0.39, 0.29) is 12.5 Å². The minimum absolute atomic E-state index is 0.178. The average molecular weight is 490 g/mol. The predicted molar refractivity (Wildman–Crippen MR) is 136 cm³/mol. The van der Waals surface area contributed by atoms with Crippen LogP contribution in [0.4, 0.5) is 0 Å². The lowest BCUT2D eigenvalue weighted by molar-refractivity contribution is -0.128. The second-order valence-electron chi connectivity index (χ2n) is 8.32. The Hall–Kier alpha value is -1.80. The first-order chi connectivity index (χ1) is 15.1. The molecule has 1 aliphatic rings. The van der Waals surface area contributed by atoms with E-state index in [4.69, 9.17) is 22.3 Å². The molecule has 1 amide bonds. The number of carbonyl (C=O) groups excluding carboxylic acids is 2. The summed E-state index contributed by atoms with van der Waals surface area (Å²) >= 11 is 11.3. The van der Waals surface area contributed by atoms with E-state index in [1.54, 1.807) is 0 Å². The topological polar surface area (TPSA) is 76.3 Å². The Morgan fingerprint density at radius 2 is 1.97 bits per heavy atom. The van der Waals surface area contributed by atoms with Crippen LogP contribution in [0, 0.1) is 19.8 Å². The monoisotopic (exact) mass is 489 g/mol. The van der Waals surface area contributed by atoms with E-state index >= 15 is 0 Å². The van der Waals surface area contributed by atoms with Gasteiger partial charge >= 0.3 is 0 Å². The van der Waals surface area contributed by atoms with Gasteiger partial charge in [-0.2, -0.15) is 0 Å². The first kappa shape index (κ1) is 24.8. The molecule has 0 saturated carbocycles. The molecule has 1 unspecified atom stereocenters. The van der Waals surface area contributed by atoms with E-state index in [1.165, 1.54) is 16.7 Å². The summed E-state index contributed by atoms with van der Waals surface area (Å²) < 4.78 is -0.471. The number of thiol groups is 1. The lowest BCUT2D eigenvalue weighted by Crippen LogP contribution is -2.33. The molecule has 2 heterocycles. The van der Waals surface area contributed by atoms with Crippen molar-refractivity contribution >= 4 is 53.2 Å². The zero-order chi connectivity index (χ0) is 23.6. The molecule has 2 aromatic rings. The van der Waals surface area contributed by atoms with E-state index in [1.807, 2.05) is 19.9 Å². The summed E-state index contributed by atoms with van der Waals surface area (Å²) in [6, 6.07) is 8.29. The third kappa shape index (κ3) is 5.39. The van der Waals surface area contributed by atoms with Crippen molar-refractivity contribution in [3.05, 3.63) is 57.2 Å². The maximum absolute atomic E-state index is 13.0. The van der Waals surface area contributed by atoms with Gasteiger partial charge in [0, 0.05) is 23.5 Å². The molecule has 3 rings (SSSR count). The van der Waals surface area contributed by atoms with Crippen LogP contribution in [0.1, 0.15) is 41.9 Å². The second-order valence-corrected chi connectivity index (χ2v) is 10.7. The van der Waals surface area contributed by atoms with E-state index < -0.39 is 9.95 Å². The SMILES string of the molecule is Cc1ccc(-c2c(/C=C3\SC(S)N(CC(=O)Cl)C3=O)c(C)nc(CC(C)C)c2CN)cc1. The highest BCUT2D eigenvalue weighted by atomic mass is 35.5. The van der Waals surface area contributed by atoms with Crippen molar-refractivity contribution in [2.24, 2.45) is 11.7 Å². The van der Waals surface area contributed by atoms with Crippen molar-refractivity contribution in [1.29, 1.82) is 0 Å². The number of nitrogens with zero attached hydrogens (tertiary/aromatic N) is 2. The number of aromatic nitrogens is 1. The number of nitrogens with two attached hydrogens (primary N) is 1. The first-order valence-corrected chi connectivity index (χ1v) is 12.2. The van der Waals surface area contributed by atoms with Gasteiger partial charge in [0.1, 0.15) is 4.71 Å². The second kappa shape index (κ2) is 10.4. The Bertz CT molecular complexity index is 1070. The van der Waals surface area contributed by atoms with E-state index in [2.05, 4.69) is 50.7 Å². The van der Waals surface area contributed by atoms with Crippen molar-refractivity contribution in [2.45, 2.75) is 45.4 Å². The summed E-state index contributed by atoms with van der Waals surface area (Å²) in [5, 5.41) is -0.596. The molecule has 170 valence electrons. The Kier molecular flexibility index (Phi) is 8.09. The molecule has 0 aliphatic carbocycles. The van der Waals surface area contributed by atoms with Crippen LogP contribution >= 0.6 is 36.0 Å². The van der Waals surface area contributed by atoms with Crippen molar-refractivity contribution < 1.29 is 9.59 Å². The number of pyridine rings is 1. The maximum atomic E-state index is 13.0. The van der Waals surface area contributed by atoms with Crippen LogP contribution in [0.15, 0.2) is 29.2 Å². The number of rotatable bonds is 7. The average Bonchev–Trinajstić information content (AvgIpc) is 2.97. The standard InChI is InChI=1S/C24H28ClN3O2S2/c1-13(2)9-19-18(11-26)22(16-7-5-14(3)6-8-16)17(15(4)27-19)10-20-23(30)28(12-21(25)29)24(31)32-20/h5-8,10,13,24,31H,9,11-12,26H2,1-4H3/b20-10-. The van der Waals surface area contributed by atoms with E-state index in [0.29, 0.717) is 17.4 Å². The summed E-state index contributed by atoms with van der Waals surface area (Å²) in [7, 11) is 0. The van der Waals surface area contributed by atoms with Crippen LogP contribution in [0.2, 0.25) is 0 Å². The van der Waals surface area contributed by atoms with Gasteiger partial charge < -0.3 is 10.6 Å². The highest BCUT2D eigenvalue weighted by Crippen LogP contribution is 2.41. The number of aryl methyl sites for hydroxylation is 2. The number of benzene rings is 1. The van der Waals surface area contributed by atoms with Crippen LogP contribution in [0.25, 0.3) is 17.2 Å². The molecule has 1 atom stereocenters. The fourth-order valence-electron chi connectivity index (χ4n) is 3.80. The Morgan fingerprint density at radius 3 is 2.53 bits per heavy atom. The third-order valence-corrected chi connectivity index (χ3v) is 7.02. The molecule has 0 spiro atoms. The van der Waals surface area contributed by atoms with Gasteiger partial charge in [-0.25, -0.2) is 0 Å². The Balaban J connectivity index is 2.21. The van der Waals surface area contributed by atoms with Gasteiger partial charge in [0.2, 0.25) is 5.24 Å². The smallest absolute Gasteiger partial charge is 0.262 e. The number of amides is 1. The minimum Gasteiger partial charge on any atom is -0.326 e. The highest BCUT2D eigenvalue weighted by Gasteiger charge is 2.35. The zero-order valence-electron chi connectivity index (χ0n) is 18.7. The number of carbonyl (C=O) groups is 2. The van der Waals surface area contributed by atoms with Crippen LogP contribution in [0.3, 0.4) is 0 Å². The normalized spacial score (nSPS) is 17.6. The lowest BCUT2D eigenvalue weighted by Gasteiger charge is -2.20. The highest BCUT2D eigenvalue weighted by molar-refractivity contribution is 8.14. The van der Waals surface area contributed by atoms with Gasteiger partial charge in [-0.05, 0) is 60.6 Å². The lowest BCUT2D eigenvalue weighted by atomic mass is 9.89. The summed E-state index contributed by atoms with van der Waals surface area (Å²) in [6.45, 7) is 8.49. The van der Waals surface area contributed by atoms with Crippen molar-refractivity contribution in [3.8, 4) is 11.1 Å². The quantitative estimate of drug-likeness (QED) is 0.328. The van der Waals surface area contributed by atoms with Gasteiger partial charge in [-0.1, -0.05) is 55.4 Å². The van der Waals surface area contributed by atoms with Crippen molar-refractivity contribution in [3.63, 3.8) is 0 Å². The molecular weight excluding hydrogens is 462 g/mol. The molecule has 1 saturated heterocycles. The molecule has 0 bridgehead atoms. The third-order valence-electron chi connectivity index (χ3n) is 5.30. The number of hydrogen-bond acceptors (Lipinski definition) is 6. The first-order valence-electron chi connectivity index (χ1n) is 10.5. The van der Waals surface area contributed by atoms with Crippen molar-refractivity contribution in [2.75, 3.05) is 6.54 Å². The number of thioether (sulfide) groups is 1. The molecule has 2 N–H and O–H groups in total. The largest absolute Gasteiger partial charge is 0.326 e. The fraction of sp³-hybridized carbons (Fsp3) is 0.375. The van der Waals surface area contributed by atoms with Crippen LogP contribution in [-0.2, 0) is 22.6 Å². The zero-order valence-corrected chi connectivity index (χ0v) is 21.2. The molecule has 1 fully saturated rings. The Labute approximate surface area is 204 Å². The van der Waals surface area contributed by atoms with Gasteiger partial charge in [-0.3, -0.25) is 14.6 Å². The van der Waals surface area contributed by atoms with Gasteiger partial charge in [0.25, 0.3) is 5.91 Å². The maximum Gasteiger partial charge on any atom is 0.262 e. The molecule has 8 heteroatoms. The molecule has 32 heavy (non-hydrogen) atoms. The summed E-state index contributed by atoms with van der Waals surface area (Å²) in [5.74, 6) is 0.166. The van der Waals surface area contributed by atoms with E-state index in [9.17, 15) is 9.59 Å². The summed E-state index contributed by atoms with van der Waals surface area (Å²) in [4.78, 5) is 31.1. The molecular formula is C24H28ClN3O2S2. The van der Waals surface area contributed by atoms with Crippen LogP contribution in [-0.4, -0.2) is 32.3 Å². The van der Waals surface area contributed by atoms with Gasteiger partial charge in [0.15, 0.2) is 0 Å². The number of hydrogen-bond donors (Lipinski definition) is 2. The van der Waals surface area contributed by atoms with Gasteiger partial charge in [-0.15, -0.1) is 12.6 Å². The summed E-state index contributed by atoms with van der Waals surface area (Å²) in [5.41, 5.74) is 13.1. The fourth-order valence-corrected chi connectivity index (χ4v) is 5.38. The van der Waals surface area contributed by atoms with Crippen LogP contribution in [0.5, 0.6) is 0 Å². The molecule has 0 radical (unpaired) electrons. The van der Waals surface area contributed by atoms with Crippen LogP contribution < -0.4 is 5.73 Å². The number of halogens is 1. The van der Waals surface area contributed by atoms with Crippen molar-refractivity contribution in [1.82, 2.24) is 9.88 Å². The summed E-state index contributed by atoms with van der Waals surface area (Å²) in [6.07, 6.45) is 2.67. The Morgan fingerprint density at radius 1 is 1.31 bits per heavy atom. The van der Waals surface area contributed by atoms with E-state index in [0.717, 1.165) is 45.6 Å². The predicted octanol–water partition coefficient (Wildman–Crippen LogP) is 4.92. The van der Waals surface area contributed by atoms with Gasteiger partial charge in [0.05, 0.1) is 11.4 Å². The molecule has 5 nitrogen and oxygen atoms in total.